The Labute approximate surface area is 179 Å². The summed E-state index contributed by atoms with van der Waals surface area (Å²) in [6.45, 7) is 0. The Bertz CT molecular complexity index is 1400. The number of carbonyl (C=O) groups is 1. The molecule has 0 bridgehead atoms. The molecule has 0 atom stereocenters. The minimum atomic E-state index is -0.483. The number of rotatable bonds is 4. The minimum absolute atomic E-state index is 0.0870. The van der Waals surface area contributed by atoms with Crippen LogP contribution in [0.2, 0.25) is 5.02 Å². The Hall–Kier alpha value is -3.24. The van der Waals surface area contributed by atoms with Gasteiger partial charge in [0, 0.05) is 37.1 Å². The molecule has 154 valence electrons. The molecule has 9 nitrogen and oxygen atoms in total. The summed E-state index contributed by atoms with van der Waals surface area (Å²) >= 11 is 7.21. The van der Waals surface area contributed by atoms with Gasteiger partial charge in [0.1, 0.15) is 5.39 Å². The number of benzene rings is 1. The SMILES string of the molecule is Cn1nc2c(c1CC(=O)Nc1nc(-c3ccc(Cl)cc3)cs1)c(=O)n(C)c(=O)n2C. The van der Waals surface area contributed by atoms with Crippen LogP contribution in [-0.2, 0) is 32.4 Å². The molecule has 11 heteroatoms. The first-order valence-electron chi connectivity index (χ1n) is 8.89. The second-order valence-electron chi connectivity index (χ2n) is 6.74. The lowest BCUT2D eigenvalue weighted by molar-refractivity contribution is -0.115. The maximum atomic E-state index is 12.6. The summed E-state index contributed by atoms with van der Waals surface area (Å²) in [6.07, 6.45) is -0.0870. The van der Waals surface area contributed by atoms with E-state index in [0.717, 1.165) is 15.8 Å². The number of nitrogens with one attached hydrogen (secondary N) is 1. The van der Waals surface area contributed by atoms with Gasteiger partial charge in [-0.1, -0.05) is 23.7 Å². The van der Waals surface area contributed by atoms with Crippen LogP contribution in [0.25, 0.3) is 22.3 Å². The number of carbonyl (C=O) groups excluding carboxylic acids is 1. The van der Waals surface area contributed by atoms with E-state index in [1.54, 1.807) is 19.2 Å². The summed E-state index contributed by atoms with van der Waals surface area (Å²) in [5, 5.41) is 10.2. The van der Waals surface area contributed by atoms with E-state index in [4.69, 9.17) is 11.6 Å². The largest absolute Gasteiger partial charge is 0.332 e. The molecule has 3 heterocycles. The van der Waals surface area contributed by atoms with Crippen molar-refractivity contribution in [3.8, 4) is 11.3 Å². The van der Waals surface area contributed by atoms with Crippen LogP contribution in [0.5, 0.6) is 0 Å². The average molecular weight is 445 g/mol. The highest BCUT2D eigenvalue weighted by molar-refractivity contribution is 7.14. The summed E-state index contributed by atoms with van der Waals surface area (Å²) in [5.74, 6) is -0.340. The second-order valence-corrected chi connectivity index (χ2v) is 8.04. The van der Waals surface area contributed by atoms with Gasteiger partial charge in [0.2, 0.25) is 5.91 Å². The maximum absolute atomic E-state index is 12.6. The fourth-order valence-electron chi connectivity index (χ4n) is 3.17. The van der Waals surface area contributed by atoms with Gasteiger partial charge in [0.15, 0.2) is 10.8 Å². The van der Waals surface area contributed by atoms with Crippen LogP contribution < -0.4 is 16.6 Å². The molecule has 1 aromatic carbocycles. The van der Waals surface area contributed by atoms with Gasteiger partial charge in [0.25, 0.3) is 5.56 Å². The number of aromatic nitrogens is 5. The first kappa shape index (κ1) is 20.0. The van der Waals surface area contributed by atoms with Crippen molar-refractivity contribution in [1.82, 2.24) is 23.9 Å². The number of anilines is 1. The third kappa shape index (κ3) is 3.44. The van der Waals surface area contributed by atoms with Crippen molar-refractivity contribution >= 4 is 45.0 Å². The Morgan fingerprint density at radius 1 is 1.13 bits per heavy atom. The molecule has 4 rings (SSSR count). The van der Waals surface area contributed by atoms with Gasteiger partial charge in [-0.05, 0) is 12.1 Å². The third-order valence-electron chi connectivity index (χ3n) is 4.78. The number of amides is 1. The van der Waals surface area contributed by atoms with Crippen LogP contribution in [0.3, 0.4) is 0 Å². The predicted octanol–water partition coefficient (Wildman–Crippen LogP) is 1.93. The molecule has 4 aromatic rings. The molecule has 1 N–H and O–H groups in total. The van der Waals surface area contributed by atoms with Crippen LogP contribution in [0, 0.1) is 0 Å². The van der Waals surface area contributed by atoms with E-state index >= 15 is 0 Å². The van der Waals surface area contributed by atoms with Gasteiger partial charge in [-0.2, -0.15) is 5.10 Å². The number of thiazole rings is 1. The van der Waals surface area contributed by atoms with Gasteiger partial charge in [-0.15, -0.1) is 11.3 Å². The highest BCUT2D eigenvalue weighted by atomic mass is 35.5. The summed E-state index contributed by atoms with van der Waals surface area (Å²) < 4.78 is 3.74. The van der Waals surface area contributed by atoms with Crippen molar-refractivity contribution in [2.45, 2.75) is 6.42 Å². The van der Waals surface area contributed by atoms with Crippen LogP contribution in [-0.4, -0.2) is 29.8 Å². The topological polar surface area (TPSA) is 104 Å². The highest BCUT2D eigenvalue weighted by Gasteiger charge is 2.20. The van der Waals surface area contributed by atoms with Gasteiger partial charge in [0.05, 0.1) is 17.8 Å². The molecule has 30 heavy (non-hydrogen) atoms. The molecule has 1 amide bonds. The van der Waals surface area contributed by atoms with Crippen molar-refractivity contribution in [2.75, 3.05) is 5.32 Å². The number of halogens is 1. The third-order valence-corrected chi connectivity index (χ3v) is 5.79. The normalized spacial score (nSPS) is 11.2. The number of hydrogen-bond donors (Lipinski definition) is 1. The van der Waals surface area contributed by atoms with Crippen molar-refractivity contribution in [2.24, 2.45) is 21.1 Å². The molecule has 0 aliphatic carbocycles. The molecule has 0 saturated carbocycles. The number of fused-ring (bicyclic) bond motifs is 1. The summed E-state index contributed by atoms with van der Waals surface area (Å²) in [6, 6.07) is 7.25. The van der Waals surface area contributed by atoms with E-state index in [1.807, 2.05) is 17.5 Å². The molecule has 0 fully saturated rings. The average Bonchev–Trinajstić information content (AvgIpc) is 3.30. The second kappa shape index (κ2) is 7.54. The zero-order valence-electron chi connectivity index (χ0n) is 16.3. The van der Waals surface area contributed by atoms with E-state index in [0.29, 0.717) is 15.8 Å². The molecule has 0 unspecified atom stereocenters. The highest BCUT2D eigenvalue weighted by Crippen LogP contribution is 2.26. The lowest BCUT2D eigenvalue weighted by atomic mass is 10.2. The van der Waals surface area contributed by atoms with Crippen molar-refractivity contribution in [3.63, 3.8) is 0 Å². The lowest BCUT2D eigenvalue weighted by Gasteiger charge is -2.04. The Balaban J connectivity index is 1.60. The predicted molar refractivity (Wildman–Crippen MR) is 116 cm³/mol. The van der Waals surface area contributed by atoms with Crippen molar-refractivity contribution in [3.05, 3.63) is 61.2 Å². The fraction of sp³-hybridized carbons (Fsp3) is 0.211. The molecular weight excluding hydrogens is 428 g/mol. The fourth-order valence-corrected chi connectivity index (χ4v) is 4.03. The summed E-state index contributed by atoms with van der Waals surface area (Å²) in [5.41, 5.74) is 1.32. The molecule has 3 aromatic heterocycles. The number of aryl methyl sites for hydroxylation is 2. The number of hydrogen-bond acceptors (Lipinski definition) is 6. The molecule has 0 spiro atoms. The first-order valence-corrected chi connectivity index (χ1v) is 10.1. The first-order chi connectivity index (χ1) is 14.3. The van der Waals surface area contributed by atoms with Crippen LogP contribution in [0.1, 0.15) is 5.69 Å². The van der Waals surface area contributed by atoms with E-state index in [1.165, 1.54) is 34.7 Å². The Morgan fingerprint density at radius 2 is 1.83 bits per heavy atom. The monoisotopic (exact) mass is 444 g/mol. The minimum Gasteiger partial charge on any atom is -0.302 e. The summed E-state index contributed by atoms with van der Waals surface area (Å²) in [7, 11) is 4.57. The van der Waals surface area contributed by atoms with Gasteiger partial charge < -0.3 is 5.32 Å². The van der Waals surface area contributed by atoms with Gasteiger partial charge in [-0.25, -0.2) is 9.78 Å². The zero-order chi connectivity index (χ0) is 21.6. The standard InChI is InChI=1S/C19H17ClN6O3S/c1-24-16-15(17(28)25(2)19(24)29)13(26(3)23-16)8-14(27)22-18-21-12(9-30-18)10-4-6-11(20)7-5-10/h4-7,9H,8H2,1-3H3,(H,21,22,27). The molecular formula is C19H17ClN6O3S. The molecule has 0 aliphatic rings. The smallest absolute Gasteiger partial charge is 0.302 e. The lowest BCUT2D eigenvalue weighted by Crippen LogP contribution is -2.37. The van der Waals surface area contributed by atoms with Gasteiger partial charge >= 0.3 is 5.69 Å². The molecule has 0 saturated heterocycles. The Kier molecular flexibility index (Phi) is 5.04. The van der Waals surface area contributed by atoms with Crippen LogP contribution in [0.4, 0.5) is 5.13 Å². The van der Waals surface area contributed by atoms with Crippen LogP contribution in [0.15, 0.2) is 39.2 Å². The Morgan fingerprint density at radius 3 is 2.53 bits per heavy atom. The van der Waals surface area contributed by atoms with E-state index in [-0.39, 0.29) is 23.4 Å². The quantitative estimate of drug-likeness (QED) is 0.518. The molecule has 0 aliphatic heterocycles. The van der Waals surface area contributed by atoms with Crippen molar-refractivity contribution < 1.29 is 4.79 Å². The van der Waals surface area contributed by atoms with Gasteiger partial charge in [-0.3, -0.25) is 23.4 Å². The van der Waals surface area contributed by atoms with E-state index in [9.17, 15) is 14.4 Å². The molecule has 0 radical (unpaired) electrons. The summed E-state index contributed by atoms with van der Waals surface area (Å²) in [4.78, 5) is 41.8. The zero-order valence-corrected chi connectivity index (χ0v) is 17.9. The van der Waals surface area contributed by atoms with E-state index < -0.39 is 11.2 Å². The van der Waals surface area contributed by atoms with Crippen molar-refractivity contribution in [1.29, 1.82) is 0 Å². The maximum Gasteiger partial charge on any atom is 0.332 e. The number of nitrogens with zero attached hydrogens (tertiary/aromatic N) is 5. The van der Waals surface area contributed by atoms with Crippen LogP contribution >= 0.6 is 22.9 Å². The van der Waals surface area contributed by atoms with E-state index in [2.05, 4.69) is 15.4 Å².